The number of carboxylic acid groups (broad SMARTS) is 1. The van der Waals surface area contributed by atoms with Crippen molar-refractivity contribution in [3.8, 4) is 11.5 Å². The standard InChI is InChI=1S/C10H8O2.CH2O2/c11-8-5-4-7-2-1-3-10(12)9(7)6-8;2-1-3/h1-6,11-12H;1H,(H,2,3). The van der Waals surface area contributed by atoms with Gasteiger partial charge >= 0.3 is 0 Å². The first-order valence-electron chi connectivity index (χ1n) is 4.17. The van der Waals surface area contributed by atoms with Crippen LogP contribution in [0.4, 0.5) is 0 Å². The fourth-order valence-electron chi connectivity index (χ4n) is 1.24. The second-order valence-electron chi connectivity index (χ2n) is 2.79. The molecule has 0 atom stereocenters. The second-order valence-corrected chi connectivity index (χ2v) is 2.79. The van der Waals surface area contributed by atoms with Crippen LogP contribution in [0.15, 0.2) is 36.4 Å². The van der Waals surface area contributed by atoms with E-state index < -0.39 is 0 Å². The molecule has 0 aliphatic carbocycles. The lowest BCUT2D eigenvalue weighted by molar-refractivity contribution is -0.122. The minimum atomic E-state index is -0.250. The molecule has 0 aromatic heterocycles. The number of carbonyl (C=O) groups is 1. The molecule has 0 amide bonds. The molecule has 3 N–H and O–H groups in total. The number of phenols is 2. The highest BCUT2D eigenvalue weighted by atomic mass is 16.3. The molecule has 0 bridgehead atoms. The Hall–Kier alpha value is -2.23. The molecule has 15 heavy (non-hydrogen) atoms. The quantitative estimate of drug-likeness (QED) is 0.576. The van der Waals surface area contributed by atoms with Gasteiger partial charge in [0.25, 0.3) is 6.47 Å². The number of benzene rings is 2. The van der Waals surface area contributed by atoms with Crippen molar-refractivity contribution in [2.45, 2.75) is 0 Å². The smallest absolute Gasteiger partial charge is 0.290 e. The van der Waals surface area contributed by atoms with Crippen molar-refractivity contribution in [2.24, 2.45) is 0 Å². The molecule has 0 unspecified atom stereocenters. The molecule has 2 rings (SSSR count). The van der Waals surface area contributed by atoms with E-state index in [0.29, 0.717) is 5.39 Å². The van der Waals surface area contributed by atoms with E-state index in [1.165, 1.54) is 0 Å². The molecular formula is C11H10O4. The van der Waals surface area contributed by atoms with Crippen molar-refractivity contribution in [1.82, 2.24) is 0 Å². The molecule has 0 saturated carbocycles. The van der Waals surface area contributed by atoms with Crippen LogP contribution in [0.25, 0.3) is 10.8 Å². The lowest BCUT2D eigenvalue weighted by Gasteiger charge is -2.00. The maximum absolute atomic E-state index is 9.38. The summed E-state index contributed by atoms with van der Waals surface area (Å²) in [5, 5.41) is 27.0. The minimum absolute atomic E-state index is 0.170. The molecule has 2 aromatic rings. The average molecular weight is 206 g/mol. The summed E-state index contributed by atoms with van der Waals surface area (Å²) in [4.78, 5) is 8.36. The molecule has 4 nitrogen and oxygen atoms in total. The molecular weight excluding hydrogens is 196 g/mol. The van der Waals surface area contributed by atoms with Crippen molar-refractivity contribution < 1.29 is 20.1 Å². The summed E-state index contributed by atoms with van der Waals surface area (Å²) in [6, 6.07) is 10.2. The van der Waals surface area contributed by atoms with Crippen LogP contribution in [0.2, 0.25) is 0 Å². The van der Waals surface area contributed by atoms with Gasteiger partial charge in [0.05, 0.1) is 0 Å². The van der Waals surface area contributed by atoms with Crippen molar-refractivity contribution in [2.75, 3.05) is 0 Å². The van der Waals surface area contributed by atoms with Crippen LogP contribution in [0, 0.1) is 0 Å². The molecule has 78 valence electrons. The largest absolute Gasteiger partial charge is 0.508 e. The summed E-state index contributed by atoms with van der Waals surface area (Å²) in [5.41, 5.74) is 0. The number of hydrogen-bond donors (Lipinski definition) is 3. The van der Waals surface area contributed by atoms with Gasteiger partial charge < -0.3 is 15.3 Å². The SMILES string of the molecule is O=CO.Oc1ccc2cccc(O)c2c1. The maximum atomic E-state index is 9.38. The summed E-state index contributed by atoms with van der Waals surface area (Å²) in [7, 11) is 0. The highest BCUT2D eigenvalue weighted by Crippen LogP contribution is 2.27. The Morgan fingerprint density at radius 1 is 1.07 bits per heavy atom. The Morgan fingerprint density at radius 2 is 1.73 bits per heavy atom. The van der Waals surface area contributed by atoms with Crippen LogP contribution in [-0.4, -0.2) is 21.8 Å². The zero-order valence-electron chi connectivity index (χ0n) is 7.79. The van der Waals surface area contributed by atoms with Gasteiger partial charge in [0, 0.05) is 5.39 Å². The van der Waals surface area contributed by atoms with Gasteiger partial charge in [0.15, 0.2) is 0 Å². The molecule has 0 heterocycles. The van der Waals surface area contributed by atoms with E-state index in [4.69, 9.17) is 15.0 Å². The lowest BCUT2D eigenvalue weighted by Crippen LogP contribution is -1.72. The number of aromatic hydroxyl groups is 2. The Kier molecular flexibility index (Phi) is 3.51. The molecule has 4 heteroatoms. The van der Waals surface area contributed by atoms with Crippen LogP contribution >= 0.6 is 0 Å². The number of hydrogen-bond acceptors (Lipinski definition) is 3. The third-order valence-electron chi connectivity index (χ3n) is 1.84. The van der Waals surface area contributed by atoms with E-state index in [-0.39, 0.29) is 18.0 Å². The van der Waals surface area contributed by atoms with Crippen LogP contribution in [0.3, 0.4) is 0 Å². The summed E-state index contributed by atoms with van der Waals surface area (Å²) >= 11 is 0. The summed E-state index contributed by atoms with van der Waals surface area (Å²) in [6.07, 6.45) is 0. The third kappa shape index (κ3) is 2.60. The molecule has 0 aliphatic rings. The molecule has 0 aliphatic heterocycles. The number of phenolic OH excluding ortho intramolecular Hbond substituents is 2. The van der Waals surface area contributed by atoms with Crippen LogP contribution in [-0.2, 0) is 4.79 Å². The van der Waals surface area contributed by atoms with Crippen molar-refractivity contribution in [1.29, 1.82) is 0 Å². The zero-order chi connectivity index (χ0) is 11.3. The fourth-order valence-corrected chi connectivity index (χ4v) is 1.24. The molecule has 0 fully saturated rings. The van der Waals surface area contributed by atoms with Gasteiger partial charge in [-0.05, 0) is 23.6 Å². The van der Waals surface area contributed by atoms with Gasteiger partial charge in [0.1, 0.15) is 11.5 Å². The third-order valence-corrected chi connectivity index (χ3v) is 1.84. The maximum Gasteiger partial charge on any atom is 0.290 e. The van der Waals surface area contributed by atoms with Gasteiger partial charge in [-0.1, -0.05) is 18.2 Å². The van der Waals surface area contributed by atoms with Gasteiger partial charge in [-0.25, -0.2) is 0 Å². The Labute approximate surface area is 86.0 Å². The molecule has 2 aromatic carbocycles. The van der Waals surface area contributed by atoms with E-state index in [1.807, 2.05) is 6.07 Å². The predicted molar refractivity (Wildman–Crippen MR) is 56.0 cm³/mol. The van der Waals surface area contributed by atoms with E-state index in [1.54, 1.807) is 30.3 Å². The van der Waals surface area contributed by atoms with E-state index in [2.05, 4.69) is 0 Å². The normalized spacial score (nSPS) is 9.07. The zero-order valence-corrected chi connectivity index (χ0v) is 7.79. The highest BCUT2D eigenvalue weighted by Gasteiger charge is 1.98. The minimum Gasteiger partial charge on any atom is -0.508 e. The number of fused-ring (bicyclic) bond motifs is 1. The summed E-state index contributed by atoms with van der Waals surface area (Å²) in [6.45, 7) is -0.250. The van der Waals surface area contributed by atoms with Crippen LogP contribution < -0.4 is 0 Å². The van der Waals surface area contributed by atoms with Crippen LogP contribution in [0.1, 0.15) is 0 Å². The van der Waals surface area contributed by atoms with E-state index >= 15 is 0 Å². The first-order valence-corrected chi connectivity index (χ1v) is 4.17. The van der Waals surface area contributed by atoms with E-state index in [9.17, 15) is 5.11 Å². The van der Waals surface area contributed by atoms with Gasteiger partial charge in [-0.15, -0.1) is 0 Å². The van der Waals surface area contributed by atoms with Crippen molar-refractivity contribution >= 4 is 17.2 Å². The van der Waals surface area contributed by atoms with E-state index in [0.717, 1.165) is 5.39 Å². The molecule has 0 spiro atoms. The average Bonchev–Trinajstić information content (AvgIpc) is 2.21. The summed E-state index contributed by atoms with van der Waals surface area (Å²) in [5.74, 6) is 0.368. The first-order chi connectivity index (χ1) is 7.19. The van der Waals surface area contributed by atoms with Gasteiger partial charge in [-0.2, -0.15) is 0 Å². The monoisotopic (exact) mass is 206 g/mol. The molecule has 0 radical (unpaired) electrons. The Morgan fingerprint density at radius 3 is 2.40 bits per heavy atom. The lowest BCUT2D eigenvalue weighted by atomic mass is 10.1. The van der Waals surface area contributed by atoms with Crippen LogP contribution in [0.5, 0.6) is 11.5 Å². The predicted octanol–water partition coefficient (Wildman–Crippen LogP) is 1.95. The Balaban J connectivity index is 0.000000337. The first kappa shape index (κ1) is 10.8. The van der Waals surface area contributed by atoms with Crippen molar-refractivity contribution in [3.63, 3.8) is 0 Å². The number of rotatable bonds is 0. The fraction of sp³-hybridized carbons (Fsp3) is 0. The highest BCUT2D eigenvalue weighted by molar-refractivity contribution is 5.89. The topological polar surface area (TPSA) is 77.8 Å². The second kappa shape index (κ2) is 4.85. The van der Waals surface area contributed by atoms with Gasteiger partial charge in [0.2, 0.25) is 0 Å². The van der Waals surface area contributed by atoms with Gasteiger partial charge in [-0.3, -0.25) is 4.79 Å². The molecule has 0 saturated heterocycles. The van der Waals surface area contributed by atoms with Crippen molar-refractivity contribution in [3.05, 3.63) is 36.4 Å². The Bertz CT molecular complexity index is 465. The summed E-state index contributed by atoms with van der Waals surface area (Å²) < 4.78 is 0.